The zero-order valence-electron chi connectivity index (χ0n) is 20.1. The topological polar surface area (TPSA) is 128 Å². The largest absolute Gasteiger partial charge is 0.468 e. The Balaban J connectivity index is 2.09. The minimum Gasteiger partial charge on any atom is -0.468 e. The summed E-state index contributed by atoms with van der Waals surface area (Å²) < 4.78 is 94.0. The zero-order valence-corrected chi connectivity index (χ0v) is 23.9. The van der Waals surface area contributed by atoms with Gasteiger partial charge in [-0.25, -0.2) is 25.6 Å². The Morgan fingerprint density at radius 1 is 0.947 bits per heavy atom. The smallest absolute Gasteiger partial charge is 0.322 e. The van der Waals surface area contributed by atoms with Crippen LogP contribution >= 0.6 is 22.6 Å². The third-order valence-electron chi connectivity index (χ3n) is 5.05. The number of esters is 1. The molecule has 0 unspecified atom stereocenters. The number of carbonyl (C=O) groups is 1. The van der Waals surface area contributed by atoms with Crippen LogP contribution in [-0.2, 0) is 36.0 Å². The number of ether oxygens (including phenoxy) is 2. The fraction of sp³-hybridized carbons (Fsp3) is 0.208. The summed E-state index contributed by atoms with van der Waals surface area (Å²) in [6.07, 6.45) is -0.219. The molecule has 9 nitrogen and oxygen atoms in total. The molecule has 0 bridgehead atoms. The highest BCUT2D eigenvalue weighted by atomic mass is 127. The van der Waals surface area contributed by atoms with Gasteiger partial charge in [0.05, 0.1) is 24.2 Å². The molecule has 38 heavy (non-hydrogen) atoms. The molecule has 0 heterocycles. The maximum absolute atomic E-state index is 14.7. The lowest BCUT2D eigenvalue weighted by atomic mass is 10.0. The lowest BCUT2D eigenvalue weighted by molar-refractivity contribution is -0.137. The molecular formula is C24H23F2IN2O7S2. The zero-order chi connectivity index (χ0) is 28.1. The molecule has 0 aliphatic heterocycles. The molecule has 3 aromatic carbocycles. The van der Waals surface area contributed by atoms with Gasteiger partial charge in [-0.3, -0.25) is 14.2 Å². The van der Waals surface area contributed by atoms with E-state index in [0.29, 0.717) is 3.57 Å². The van der Waals surface area contributed by atoms with Crippen molar-refractivity contribution in [3.63, 3.8) is 0 Å². The summed E-state index contributed by atoms with van der Waals surface area (Å²) in [4.78, 5) is 11.6. The predicted octanol–water partition coefficient (Wildman–Crippen LogP) is 4.63. The van der Waals surface area contributed by atoms with Crippen LogP contribution in [0.25, 0.3) is 0 Å². The summed E-state index contributed by atoms with van der Waals surface area (Å²) in [6, 6.07) is 12.0. The maximum Gasteiger partial charge on any atom is 0.322 e. The molecule has 204 valence electrons. The van der Waals surface area contributed by atoms with Crippen molar-refractivity contribution in [3.8, 4) is 11.5 Å². The molecule has 0 saturated carbocycles. The van der Waals surface area contributed by atoms with Crippen molar-refractivity contribution in [2.75, 3.05) is 28.1 Å². The highest BCUT2D eigenvalue weighted by Gasteiger charge is 2.23. The van der Waals surface area contributed by atoms with Crippen molar-refractivity contribution in [1.29, 1.82) is 0 Å². The second kappa shape index (κ2) is 12.3. The van der Waals surface area contributed by atoms with Crippen LogP contribution < -0.4 is 14.2 Å². The molecule has 14 heteroatoms. The van der Waals surface area contributed by atoms with Crippen molar-refractivity contribution in [2.45, 2.75) is 13.3 Å². The molecule has 0 saturated heterocycles. The van der Waals surface area contributed by atoms with Gasteiger partial charge in [-0.15, -0.1) is 0 Å². The van der Waals surface area contributed by atoms with Gasteiger partial charge in [0.2, 0.25) is 20.0 Å². The minimum absolute atomic E-state index is 0.0244. The van der Waals surface area contributed by atoms with E-state index in [4.69, 9.17) is 4.74 Å². The fourth-order valence-corrected chi connectivity index (χ4v) is 5.38. The van der Waals surface area contributed by atoms with Gasteiger partial charge in [0.1, 0.15) is 17.4 Å². The first-order valence-corrected chi connectivity index (χ1v) is 15.3. The van der Waals surface area contributed by atoms with Crippen molar-refractivity contribution in [2.24, 2.45) is 0 Å². The molecule has 2 N–H and O–H groups in total. The third-order valence-corrected chi connectivity index (χ3v) is 8.16. The van der Waals surface area contributed by atoms with Crippen LogP contribution in [0.1, 0.15) is 18.1 Å². The van der Waals surface area contributed by atoms with Crippen molar-refractivity contribution >= 4 is 60.0 Å². The normalized spacial score (nSPS) is 11.6. The third kappa shape index (κ3) is 8.26. The summed E-state index contributed by atoms with van der Waals surface area (Å²) in [5.41, 5.74) is 0.116. The second-order valence-electron chi connectivity index (χ2n) is 7.92. The number of carbonyl (C=O) groups excluding carboxylic acids is 1. The molecule has 0 aliphatic carbocycles. The average Bonchev–Trinajstić information content (AvgIpc) is 2.82. The van der Waals surface area contributed by atoms with Crippen molar-refractivity contribution in [1.82, 2.24) is 0 Å². The standard InChI is InChI=1S/C24H23F2IN2O7S2/c1-3-37(31,32)28-19-5-4-6-20(13-19)36-22-11-17(25)10-16(9-15-7-8-18(27)12-21(15)26)24(22)29-38(33,34)14-23(30)35-2/h4-8,10-13,28-29H,3,9,14H2,1-2H3. The summed E-state index contributed by atoms with van der Waals surface area (Å²) >= 11 is 1.93. The Bertz CT molecular complexity index is 1570. The molecule has 3 aromatic rings. The van der Waals surface area contributed by atoms with E-state index in [1.165, 1.54) is 43.3 Å². The van der Waals surface area contributed by atoms with Gasteiger partial charge >= 0.3 is 5.97 Å². The Morgan fingerprint density at radius 2 is 1.68 bits per heavy atom. The first kappa shape index (κ1) is 29.6. The lowest BCUT2D eigenvalue weighted by Crippen LogP contribution is -2.24. The van der Waals surface area contributed by atoms with E-state index in [9.17, 15) is 30.4 Å². The minimum atomic E-state index is -4.35. The van der Waals surface area contributed by atoms with E-state index >= 15 is 0 Å². The van der Waals surface area contributed by atoms with E-state index in [2.05, 4.69) is 14.2 Å². The molecular weight excluding hydrogens is 657 g/mol. The van der Waals surface area contributed by atoms with Gasteiger partial charge in [0, 0.05) is 22.1 Å². The van der Waals surface area contributed by atoms with Crippen LogP contribution in [0.5, 0.6) is 11.5 Å². The van der Waals surface area contributed by atoms with Crippen LogP contribution in [0, 0.1) is 15.2 Å². The van der Waals surface area contributed by atoms with Gasteiger partial charge in [-0.2, -0.15) is 0 Å². The van der Waals surface area contributed by atoms with E-state index in [1.54, 1.807) is 6.07 Å². The van der Waals surface area contributed by atoms with Crippen LogP contribution in [0.3, 0.4) is 0 Å². The van der Waals surface area contributed by atoms with Gasteiger partial charge in [0.25, 0.3) is 0 Å². The van der Waals surface area contributed by atoms with Crippen LogP contribution in [0.15, 0.2) is 54.6 Å². The quantitative estimate of drug-likeness (QED) is 0.224. The number of methoxy groups -OCH3 is 1. The summed E-state index contributed by atoms with van der Waals surface area (Å²) in [7, 11) is -6.93. The number of hydrogen-bond acceptors (Lipinski definition) is 7. The van der Waals surface area contributed by atoms with Crippen LogP contribution in [0.2, 0.25) is 0 Å². The Hall–Kier alpha value is -2.98. The molecule has 0 fully saturated rings. The SMILES string of the molecule is CCS(=O)(=O)Nc1cccc(Oc2cc(F)cc(Cc3ccc(I)cc3F)c2NS(=O)(=O)CC(=O)OC)c1. The fourth-order valence-electron chi connectivity index (χ4n) is 3.25. The molecule has 0 radical (unpaired) electrons. The number of benzene rings is 3. The van der Waals surface area contributed by atoms with Crippen molar-refractivity contribution in [3.05, 3.63) is 80.9 Å². The summed E-state index contributed by atoms with van der Waals surface area (Å²) in [5, 5.41) is 0. The highest BCUT2D eigenvalue weighted by Crippen LogP contribution is 2.37. The molecule has 0 spiro atoms. The number of halogens is 3. The number of hydrogen-bond donors (Lipinski definition) is 2. The van der Waals surface area contributed by atoms with Gasteiger partial charge in [-0.1, -0.05) is 12.1 Å². The molecule has 0 aliphatic rings. The first-order valence-electron chi connectivity index (χ1n) is 10.9. The molecule has 3 rings (SSSR count). The second-order valence-corrected chi connectivity index (χ2v) is 12.9. The lowest BCUT2D eigenvalue weighted by Gasteiger charge is -2.18. The Kier molecular flexibility index (Phi) is 9.54. The average molecular weight is 680 g/mol. The Labute approximate surface area is 232 Å². The van der Waals surface area contributed by atoms with E-state index < -0.39 is 43.4 Å². The van der Waals surface area contributed by atoms with Gasteiger partial charge in [0.15, 0.2) is 11.5 Å². The summed E-state index contributed by atoms with van der Waals surface area (Å²) in [5.74, 6) is -3.88. The first-order chi connectivity index (χ1) is 17.8. The molecule has 0 aromatic heterocycles. The molecule has 0 atom stereocenters. The van der Waals surface area contributed by atoms with Crippen LogP contribution in [-0.4, -0.2) is 41.4 Å². The number of rotatable bonds is 11. The number of anilines is 2. The number of nitrogens with one attached hydrogen (secondary N) is 2. The molecule has 0 amide bonds. The van der Waals surface area contributed by atoms with E-state index in [1.807, 2.05) is 22.6 Å². The van der Waals surface area contributed by atoms with E-state index in [0.717, 1.165) is 19.2 Å². The van der Waals surface area contributed by atoms with Gasteiger partial charge in [-0.05, 0) is 71.0 Å². The maximum atomic E-state index is 14.7. The van der Waals surface area contributed by atoms with Crippen LogP contribution in [0.4, 0.5) is 20.2 Å². The monoisotopic (exact) mass is 680 g/mol. The predicted molar refractivity (Wildman–Crippen MR) is 147 cm³/mol. The highest BCUT2D eigenvalue weighted by molar-refractivity contribution is 14.1. The summed E-state index contributed by atoms with van der Waals surface area (Å²) in [6.45, 7) is 1.46. The van der Waals surface area contributed by atoms with Gasteiger partial charge < -0.3 is 9.47 Å². The van der Waals surface area contributed by atoms with E-state index in [-0.39, 0.29) is 46.2 Å². The Morgan fingerprint density at radius 3 is 2.34 bits per heavy atom. The van der Waals surface area contributed by atoms with Crippen molar-refractivity contribution < 1.29 is 39.9 Å². The number of sulfonamides is 2.